The minimum absolute atomic E-state index is 0. The average Bonchev–Trinajstić information content (AvgIpc) is 3.06. The quantitative estimate of drug-likeness (QED) is 0.0378. The lowest BCUT2D eigenvalue weighted by atomic mass is 10.0. The molecule has 0 aliphatic rings. The molecule has 0 atom stereocenters. The van der Waals surface area contributed by atoms with Gasteiger partial charge in [-0.15, -0.1) is 12.4 Å². The molecular formula is C40H84ClNO7. The van der Waals surface area contributed by atoms with Gasteiger partial charge in [-0.3, -0.25) is 4.79 Å². The van der Waals surface area contributed by atoms with Gasteiger partial charge in [-0.25, -0.2) is 0 Å². The van der Waals surface area contributed by atoms with E-state index in [9.17, 15) is 14.7 Å². The minimum atomic E-state index is -0.905. The van der Waals surface area contributed by atoms with Crippen molar-refractivity contribution >= 4 is 24.3 Å². The van der Waals surface area contributed by atoms with E-state index in [1.54, 1.807) is 0 Å². The van der Waals surface area contributed by atoms with Crippen molar-refractivity contribution in [2.24, 2.45) is 0 Å². The molecule has 0 unspecified atom stereocenters. The van der Waals surface area contributed by atoms with Gasteiger partial charge in [0.15, 0.2) is 0 Å². The van der Waals surface area contributed by atoms with Crippen molar-refractivity contribution in [2.45, 2.75) is 201 Å². The number of unbranched alkanes of at least 4 members (excludes halogenated alkanes) is 24. The van der Waals surface area contributed by atoms with E-state index >= 15 is 0 Å². The molecule has 0 saturated heterocycles. The Balaban J connectivity index is -0.000000314. The average molecular weight is 727 g/mol. The van der Waals surface area contributed by atoms with Crippen LogP contribution in [0.15, 0.2) is 0 Å². The number of carboxylic acids is 2. The second-order valence-corrected chi connectivity index (χ2v) is 13.8. The zero-order chi connectivity index (χ0) is 36.4. The SMILES string of the molecule is CCCCCCCCCCCCCCCC(=O)O.CCCCCCCCCCCCCCCC(=O)[O-].CC[N+](CCO)(CCO)CCO.Cl. The van der Waals surface area contributed by atoms with E-state index in [4.69, 9.17) is 20.4 Å². The van der Waals surface area contributed by atoms with E-state index in [0.717, 1.165) is 32.2 Å². The lowest BCUT2D eigenvalue weighted by Crippen LogP contribution is -2.53. The van der Waals surface area contributed by atoms with Crippen molar-refractivity contribution in [3.63, 3.8) is 0 Å². The summed E-state index contributed by atoms with van der Waals surface area (Å²) in [6, 6.07) is 0. The number of aliphatic hydroxyl groups is 3. The largest absolute Gasteiger partial charge is 0.550 e. The highest BCUT2D eigenvalue weighted by molar-refractivity contribution is 5.85. The summed E-state index contributed by atoms with van der Waals surface area (Å²) in [5.41, 5.74) is 0. The molecule has 0 rings (SSSR count). The van der Waals surface area contributed by atoms with Crippen molar-refractivity contribution in [2.75, 3.05) is 46.0 Å². The summed E-state index contributed by atoms with van der Waals surface area (Å²) in [4.78, 5) is 20.5. The van der Waals surface area contributed by atoms with E-state index < -0.39 is 11.9 Å². The molecule has 49 heavy (non-hydrogen) atoms. The van der Waals surface area contributed by atoms with Gasteiger partial charge >= 0.3 is 5.97 Å². The van der Waals surface area contributed by atoms with E-state index in [1.165, 1.54) is 141 Å². The van der Waals surface area contributed by atoms with Crippen LogP contribution in [0.5, 0.6) is 0 Å². The van der Waals surface area contributed by atoms with Crippen molar-refractivity contribution in [1.82, 2.24) is 0 Å². The van der Waals surface area contributed by atoms with Gasteiger partial charge in [0.1, 0.15) is 19.6 Å². The molecule has 9 heteroatoms. The molecule has 298 valence electrons. The van der Waals surface area contributed by atoms with Gasteiger partial charge in [0.05, 0.1) is 26.4 Å². The maximum atomic E-state index is 10.3. The summed E-state index contributed by atoms with van der Waals surface area (Å²) in [6.07, 6.45) is 34.2. The first-order valence-electron chi connectivity index (χ1n) is 20.4. The number of carboxylic acid groups (broad SMARTS) is 2. The minimum Gasteiger partial charge on any atom is -0.550 e. The standard InChI is InChI=1S/2C16H32O2.C8H20NO3.ClH/c2*1-2-3-4-5-6-7-8-9-10-11-12-13-14-15-16(17)18;1-2-9(3-6-10,4-7-11)5-8-12;/h2*2-15H2,1H3,(H,17,18);10-12H,2-8H2,1H3;1H/q;;+1;/p-1. The highest BCUT2D eigenvalue weighted by atomic mass is 35.5. The molecule has 0 aliphatic carbocycles. The Morgan fingerprint density at radius 1 is 0.449 bits per heavy atom. The Morgan fingerprint density at radius 3 is 0.898 bits per heavy atom. The molecule has 0 fully saturated rings. The van der Waals surface area contributed by atoms with Gasteiger partial charge < -0.3 is 34.8 Å². The van der Waals surface area contributed by atoms with Crippen LogP contribution in [-0.2, 0) is 9.59 Å². The number of carbonyl (C=O) groups excluding carboxylic acids is 1. The molecule has 8 nitrogen and oxygen atoms in total. The van der Waals surface area contributed by atoms with Gasteiger partial charge in [-0.05, 0) is 26.2 Å². The maximum Gasteiger partial charge on any atom is 0.303 e. The molecule has 0 aromatic heterocycles. The van der Waals surface area contributed by atoms with E-state index in [-0.39, 0.29) is 38.6 Å². The summed E-state index contributed by atoms with van der Waals surface area (Å²) in [5, 5.41) is 45.1. The summed E-state index contributed by atoms with van der Waals surface area (Å²) < 4.78 is 0.601. The highest BCUT2D eigenvalue weighted by Gasteiger charge is 2.22. The first-order valence-corrected chi connectivity index (χ1v) is 20.4. The molecule has 0 saturated carbocycles. The first kappa shape index (κ1) is 54.8. The number of likely N-dealkylation sites (N-methyl/N-ethyl adjacent to an activating group) is 1. The van der Waals surface area contributed by atoms with Crippen LogP contribution >= 0.6 is 12.4 Å². The van der Waals surface area contributed by atoms with Crippen LogP contribution in [0, 0.1) is 0 Å². The molecule has 0 heterocycles. The summed E-state index contributed by atoms with van der Waals surface area (Å²) in [7, 11) is 0. The first-order chi connectivity index (χ1) is 23.3. The highest BCUT2D eigenvalue weighted by Crippen LogP contribution is 2.14. The van der Waals surface area contributed by atoms with Gasteiger partial charge in [0.25, 0.3) is 0 Å². The summed E-state index contributed by atoms with van der Waals surface area (Å²) in [5.74, 6) is -1.56. The van der Waals surface area contributed by atoms with Crippen LogP contribution < -0.4 is 5.11 Å². The van der Waals surface area contributed by atoms with Crippen LogP contribution in [-0.4, -0.2) is 82.8 Å². The number of carbonyl (C=O) groups is 2. The third-order valence-electron chi connectivity index (χ3n) is 9.37. The van der Waals surface area contributed by atoms with Crippen LogP contribution in [0.4, 0.5) is 0 Å². The van der Waals surface area contributed by atoms with E-state index in [0.29, 0.717) is 30.5 Å². The second kappa shape index (κ2) is 47.1. The molecule has 0 spiro atoms. The van der Waals surface area contributed by atoms with Crippen LogP contribution in [0.1, 0.15) is 201 Å². The lowest BCUT2D eigenvalue weighted by Gasteiger charge is -2.36. The number of nitrogens with zero attached hydrogens (tertiary/aromatic N) is 1. The van der Waals surface area contributed by atoms with Gasteiger partial charge in [-0.1, -0.05) is 168 Å². The predicted octanol–water partition coefficient (Wildman–Crippen LogP) is 8.99. The van der Waals surface area contributed by atoms with E-state index in [2.05, 4.69) is 13.8 Å². The third kappa shape index (κ3) is 49.2. The molecule has 0 bridgehead atoms. The number of halogens is 1. The number of rotatable bonds is 35. The van der Waals surface area contributed by atoms with Gasteiger partial charge in [0.2, 0.25) is 0 Å². The number of hydrogen-bond acceptors (Lipinski definition) is 6. The molecule has 0 aromatic rings. The van der Waals surface area contributed by atoms with Crippen molar-refractivity contribution < 1.29 is 39.6 Å². The molecule has 0 aliphatic heterocycles. The zero-order valence-electron chi connectivity index (χ0n) is 32.6. The molecule has 4 N–H and O–H groups in total. The Bertz CT molecular complexity index is 583. The zero-order valence-corrected chi connectivity index (χ0v) is 33.4. The topological polar surface area (TPSA) is 138 Å². The smallest absolute Gasteiger partial charge is 0.303 e. The maximum absolute atomic E-state index is 10.3. The summed E-state index contributed by atoms with van der Waals surface area (Å²) in [6.45, 7) is 9.49. The predicted molar refractivity (Wildman–Crippen MR) is 207 cm³/mol. The van der Waals surface area contributed by atoms with Gasteiger partial charge in [0, 0.05) is 12.4 Å². The van der Waals surface area contributed by atoms with Crippen molar-refractivity contribution in [3.05, 3.63) is 0 Å². The number of aliphatic hydroxyl groups excluding tert-OH is 3. The molecule has 0 radical (unpaired) electrons. The molecular weight excluding hydrogens is 642 g/mol. The number of hydrogen-bond donors (Lipinski definition) is 4. The summed E-state index contributed by atoms with van der Waals surface area (Å²) >= 11 is 0. The number of quaternary nitrogens is 1. The van der Waals surface area contributed by atoms with Crippen molar-refractivity contribution in [1.29, 1.82) is 0 Å². The normalized spacial score (nSPS) is 10.8. The fourth-order valence-corrected chi connectivity index (χ4v) is 6.03. The molecule has 0 aromatic carbocycles. The fraction of sp³-hybridized carbons (Fsp3) is 0.950. The van der Waals surface area contributed by atoms with Crippen LogP contribution in [0.3, 0.4) is 0 Å². The van der Waals surface area contributed by atoms with Gasteiger partial charge in [-0.2, -0.15) is 0 Å². The van der Waals surface area contributed by atoms with E-state index in [1.807, 2.05) is 6.92 Å². The second-order valence-electron chi connectivity index (χ2n) is 13.8. The van der Waals surface area contributed by atoms with Crippen LogP contribution in [0.25, 0.3) is 0 Å². The van der Waals surface area contributed by atoms with Crippen molar-refractivity contribution in [3.8, 4) is 0 Å². The Hall–Kier alpha value is -0.930. The molecule has 0 amide bonds. The lowest BCUT2D eigenvalue weighted by molar-refractivity contribution is -0.927. The monoisotopic (exact) mass is 726 g/mol. The fourth-order valence-electron chi connectivity index (χ4n) is 6.03. The number of aliphatic carboxylic acids is 2. The third-order valence-corrected chi connectivity index (χ3v) is 9.37. The Labute approximate surface area is 309 Å². The Morgan fingerprint density at radius 2 is 0.694 bits per heavy atom. The Kier molecular flexibility index (Phi) is 52.7. The van der Waals surface area contributed by atoms with Crippen LogP contribution in [0.2, 0.25) is 0 Å².